The topological polar surface area (TPSA) is 37.8 Å². The van der Waals surface area contributed by atoms with Gasteiger partial charge in [0.25, 0.3) is 0 Å². The van der Waals surface area contributed by atoms with Gasteiger partial charge in [-0.05, 0) is 47.7 Å². The van der Waals surface area contributed by atoms with Crippen molar-refractivity contribution in [3.05, 3.63) is 69.8 Å². The van der Waals surface area contributed by atoms with E-state index in [1.807, 2.05) is 0 Å². The minimum absolute atomic E-state index is 0.527. The number of aromatic nitrogens is 2. The Morgan fingerprint density at radius 3 is 2.52 bits per heavy atom. The van der Waals surface area contributed by atoms with Gasteiger partial charge in [-0.25, -0.2) is 9.97 Å². The lowest BCUT2D eigenvalue weighted by Crippen LogP contribution is -1.96. The first-order valence-electron chi connectivity index (χ1n) is 8.88. The molecule has 0 saturated carbocycles. The van der Waals surface area contributed by atoms with Crippen LogP contribution in [0.15, 0.2) is 58.6 Å². The second-order valence-corrected chi connectivity index (χ2v) is 8.63. The molecule has 0 spiro atoms. The highest BCUT2D eigenvalue weighted by atomic mass is 79.9. The van der Waals surface area contributed by atoms with Gasteiger partial charge < -0.3 is 5.32 Å². The number of benzene rings is 2. The molecule has 4 rings (SSSR count). The quantitative estimate of drug-likeness (QED) is 0.363. The predicted octanol–water partition coefficient (Wildman–Crippen LogP) is 7.30. The van der Waals surface area contributed by atoms with Gasteiger partial charge >= 0.3 is 0 Å². The monoisotopic (exact) mass is 437 g/mol. The minimum Gasteiger partial charge on any atom is -0.340 e. The standard InChI is InChI=1S/C22H20BrN3S/c1-13(2)15-4-6-16(7-5-15)18-11-27-22-20(18)21(24-12-25-22)26-17-8-9-19(23)14(3)10-17/h4-13H,1-3H3,(H,24,25,26). The second-order valence-electron chi connectivity index (χ2n) is 6.92. The average Bonchev–Trinajstić information content (AvgIpc) is 3.10. The molecule has 3 nitrogen and oxygen atoms in total. The maximum atomic E-state index is 4.53. The van der Waals surface area contributed by atoms with Crippen LogP contribution in [0.25, 0.3) is 21.3 Å². The van der Waals surface area contributed by atoms with Crippen LogP contribution in [-0.4, -0.2) is 9.97 Å². The van der Waals surface area contributed by atoms with Gasteiger partial charge in [-0.1, -0.05) is 54.0 Å². The first-order valence-corrected chi connectivity index (χ1v) is 10.6. The van der Waals surface area contributed by atoms with Crippen molar-refractivity contribution >= 4 is 49.0 Å². The fourth-order valence-electron chi connectivity index (χ4n) is 3.09. The summed E-state index contributed by atoms with van der Waals surface area (Å²) in [6.07, 6.45) is 1.62. The van der Waals surface area contributed by atoms with Crippen molar-refractivity contribution in [2.75, 3.05) is 5.32 Å². The van der Waals surface area contributed by atoms with Crippen LogP contribution in [0.1, 0.15) is 30.9 Å². The molecule has 0 aliphatic carbocycles. The molecule has 0 radical (unpaired) electrons. The van der Waals surface area contributed by atoms with E-state index in [-0.39, 0.29) is 0 Å². The first-order chi connectivity index (χ1) is 13.0. The van der Waals surface area contributed by atoms with Crippen LogP contribution in [0.4, 0.5) is 11.5 Å². The summed E-state index contributed by atoms with van der Waals surface area (Å²) in [6.45, 7) is 6.51. The maximum Gasteiger partial charge on any atom is 0.143 e. The highest BCUT2D eigenvalue weighted by Gasteiger charge is 2.14. The molecule has 2 heterocycles. The molecule has 5 heteroatoms. The molecule has 0 aliphatic rings. The summed E-state index contributed by atoms with van der Waals surface area (Å²) < 4.78 is 1.10. The molecule has 0 saturated heterocycles. The number of anilines is 2. The van der Waals surface area contributed by atoms with Gasteiger partial charge in [0.1, 0.15) is 17.0 Å². The minimum atomic E-state index is 0.527. The lowest BCUT2D eigenvalue weighted by Gasteiger charge is -2.10. The van der Waals surface area contributed by atoms with Gasteiger partial charge in [0.2, 0.25) is 0 Å². The normalized spacial score (nSPS) is 11.3. The number of nitrogens with one attached hydrogen (secondary N) is 1. The molecular weight excluding hydrogens is 418 g/mol. The molecule has 0 bridgehead atoms. The Hall–Kier alpha value is -2.24. The van der Waals surface area contributed by atoms with E-state index in [2.05, 4.69) is 99.8 Å². The van der Waals surface area contributed by atoms with E-state index in [4.69, 9.17) is 0 Å². The zero-order valence-electron chi connectivity index (χ0n) is 15.5. The van der Waals surface area contributed by atoms with E-state index in [0.29, 0.717) is 5.92 Å². The molecule has 2 aromatic carbocycles. The van der Waals surface area contributed by atoms with Crippen molar-refractivity contribution in [1.29, 1.82) is 0 Å². The molecule has 1 N–H and O–H groups in total. The summed E-state index contributed by atoms with van der Waals surface area (Å²) in [4.78, 5) is 9.99. The fourth-order valence-corrected chi connectivity index (χ4v) is 4.25. The molecule has 0 atom stereocenters. The zero-order chi connectivity index (χ0) is 19.0. The number of hydrogen-bond acceptors (Lipinski definition) is 4. The van der Waals surface area contributed by atoms with Gasteiger partial charge in [-0.3, -0.25) is 0 Å². The van der Waals surface area contributed by atoms with E-state index >= 15 is 0 Å². The predicted molar refractivity (Wildman–Crippen MR) is 119 cm³/mol. The van der Waals surface area contributed by atoms with Crippen molar-refractivity contribution in [3.8, 4) is 11.1 Å². The molecular formula is C22H20BrN3S. The van der Waals surface area contributed by atoms with Gasteiger partial charge in [0, 0.05) is 21.1 Å². The molecule has 4 aromatic rings. The number of hydrogen-bond donors (Lipinski definition) is 1. The third-order valence-corrected chi connectivity index (χ3v) is 6.46. The largest absolute Gasteiger partial charge is 0.340 e. The Morgan fingerprint density at radius 1 is 1.04 bits per heavy atom. The van der Waals surface area contributed by atoms with E-state index in [0.717, 1.165) is 26.2 Å². The number of nitrogens with zero attached hydrogens (tertiary/aromatic N) is 2. The van der Waals surface area contributed by atoms with Crippen LogP contribution < -0.4 is 5.32 Å². The summed E-state index contributed by atoms with van der Waals surface area (Å²) in [5.74, 6) is 1.37. The summed E-state index contributed by atoms with van der Waals surface area (Å²) in [6, 6.07) is 15.0. The van der Waals surface area contributed by atoms with Crippen LogP contribution in [0.5, 0.6) is 0 Å². The second kappa shape index (κ2) is 7.41. The van der Waals surface area contributed by atoms with Crippen molar-refractivity contribution in [3.63, 3.8) is 0 Å². The Kier molecular flexibility index (Phi) is 4.98. The third-order valence-electron chi connectivity index (χ3n) is 4.68. The van der Waals surface area contributed by atoms with Crippen molar-refractivity contribution in [2.45, 2.75) is 26.7 Å². The number of rotatable bonds is 4. The lowest BCUT2D eigenvalue weighted by atomic mass is 9.99. The number of fused-ring (bicyclic) bond motifs is 1. The average molecular weight is 438 g/mol. The molecule has 0 fully saturated rings. The summed E-state index contributed by atoms with van der Waals surface area (Å²) in [7, 11) is 0. The van der Waals surface area contributed by atoms with Crippen LogP contribution in [0, 0.1) is 6.92 Å². The van der Waals surface area contributed by atoms with Crippen LogP contribution in [0.2, 0.25) is 0 Å². The van der Waals surface area contributed by atoms with Gasteiger partial charge in [-0.15, -0.1) is 11.3 Å². The molecule has 0 unspecified atom stereocenters. The summed E-state index contributed by atoms with van der Waals surface area (Å²) >= 11 is 5.21. The number of halogens is 1. The highest BCUT2D eigenvalue weighted by Crippen LogP contribution is 2.38. The Labute approximate surface area is 171 Å². The van der Waals surface area contributed by atoms with Gasteiger partial charge in [0.05, 0.1) is 5.39 Å². The van der Waals surface area contributed by atoms with E-state index in [1.54, 1.807) is 17.7 Å². The van der Waals surface area contributed by atoms with Crippen molar-refractivity contribution in [1.82, 2.24) is 9.97 Å². The molecule has 0 aliphatic heterocycles. The Balaban J connectivity index is 1.78. The van der Waals surface area contributed by atoms with Crippen LogP contribution in [0.3, 0.4) is 0 Å². The summed E-state index contributed by atoms with van der Waals surface area (Å²) in [5.41, 5.74) is 5.90. The molecule has 27 heavy (non-hydrogen) atoms. The van der Waals surface area contributed by atoms with Crippen molar-refractivity contribution < 1.29 is 0 Å². The van der Waals surface area contributed by atoms with E-state index < -0.39 is 0 Å². The Morgan fingerprint density at radius 2 is 1.81 bits per heavy atom. The SMILES string of the molecule is Cc1cc(Nc2ncnc3scc(-c4ccc(C(C)C)cc4)c23)ccc1Br. The lowest BCUT2D eigenvalue weighted by molar-refractivity contribution is 0.867. The van der Waals surface area contributed by atoms with Gasteiger partial charge in [-0.2, -0.15) is 0 Å². The molecule has 2 aromatic heterocycles. The van der Waals surface area contributed by atoms with Gasteiger partial charge in [0.15, 0.2) is 0 Å². The smallest absolute Gasteiger partial charge is 0.143 e. The highest BCUT2D eigenvalue weighted by molar-refractivity contribution is 9.10. The number of aryl methyl sites for hydroxylation is 1. The first kappa shape index (κ1) is 18.1. The summed E-state index contributed by atoms with van der Waals surface area (Å²) in [5, 5.41) is 6.71. The fraction of sp³-hybridized carbons (Fsp3) is 0.182. The molecule has 136 valence electrons. The van der Waals surface area contributed by atoms with Crippen LogP contribution in [-0.2, 0) is 0 Å². The molecule has 0 amide bonds. The van der Waals surface area contributed by atoms with Crippen LogP contribution >= 0.6 is 27.3 Å². The van der Waals surface area contributed by atoms with Crippen molar-refractivity contribution in [2.24, 2.45) is 0 Å². The maximum absolute atomic E-state index is 4.53. The van der Waals surface area contributed by atoms with E-state index in [1.165, 1.54) is 22.3 Å². The third kappa shape index (κ3) is 3.62. The zero-order valence-corrected chi connectivity index (χ0v) is 17.9. The van der Waals surface area contributed by atoms with E-state index in [9.17, 15) is 0 Å². The number of thiophene rings is 1. The Bertz CT molecular complexity index is 1100.